The second-order valence-corrected chi connectivity index (χ2v) is 11.6. The Hall–Kier alpha value is -1.13. The van der Waals surface area contributed by atoms with Gasteiger partial charge in [-0.15, -0.1) is 0 Å². The molecule has 0 bridgehead atoms. The van der Waals surface area contributed by atoms with Gasteiger partial charge in [0.1, 0.15) is 0 Å². The van der Waals surface area contributed by atoms with E-state index in [2.05, 4.69) is 24.4 Å². The molecule has 3 N–H and O–H groups in total. The minimum atomic E-state index is -0.853. The molecule has 2 unspecified atom stereocenters. The Morgan fingerprint density at radius 1 is 0.590 bits per heavy atom. The molecule has 0 spiro atoms. The first kappa shape index (κ1) is 37.9. The third-order valence-electron chi connectivity index (χ3n) is 7.66. The van der Waals surface area contributed by atoms with E-state index in [1.165, 1.54) is 128 Å². The zero-order valence-electron chi connectivity index (χ0n) is 26.2. The van der Waals surface area contributed by atoms with Crippen LogP contribution in [0, 0.1) is 0 Å². The molecule has 4 heteroatoms. The molecule has 0 aromatic carbocycles. The Kier molecular flexibility index (Phi) is 30.5. The highest BCUT2D eigenvalue weighted by Gasteiger charge is 2.17. The summed E-state index contributed by atoms with van der Waals surface area (Å²) in [6.07, 6.45) is 39.8. The molecular weight excluding hydrogens is 482 g/mol. The lowest BCUT2D eigenvalue weighted by molar-refractivity contribution is -0.122. The van der Waals surface area contributed by atoms with Gasteiger partial charge < -0.3 is 15.5 Å². The lowest BCUT2D eigenvalue weighted by atomic mass is 10.0. The van der Waals surface area contributed by atoms with E-state index in [0.29, 0.717) is 6.42 Å². The number of aliphatic hydroxyl groups excluding tert-OH is 2. The van der Waals surface area contributed by atoms with Crippen molar-refractivity contribution in [2.75, 3.05) is 6.61 Å². The fourth-order valence-electron chi connectivity index (χ4n) is 5.06. The van der Waals surface area contributed by atoms with E-state index in [9.17, 15) is 15.0 Å². The first-order valence-electron chi connectivity index (χ1n) is 17.1. The number of nitrogens with one attached hydrogen (secondary N) is 1. The number of carbonyl (C=O) groups is 1. The van der Waals surface area contributed by atoms with Crippen molar-refractivity contribution >= 4 is 5.91 Å². The standard InChI is InChI=1S/C35H67NO3/c1-3-5-6-7-8-9-10-11-12-13-14-15-16-17-18-19-20-21-22-23-24-25-26-27-28-29-31-34(38)33(32-37)36-35(39)30-4-2/h25-26,29,31,33-34,37-38H,3-24,27-28,30,32H2,1-2H3,(H,36,39)/b26-25+,31-29+. The number of aliphatic hydroxyl groups is 2. The summed E-state index contributed by atoms with van der Waals surface area (Å²) in [7, 11) is 0. The van der Waals surface area contributed by atoms with E-state index in [0.717, 1.165) is 25.7 Å². The molecule has 230 valence electrons. The Labute approximate surface area is 243 Å². The molecule has 4 nitrogen and oxygen atoms in total. The van der Waals surface area contributed by atoms with Crippen molar-refractivity contribution in [3.63, 3.8) is 0 Å². The average molecular weight is 550 g/mol. The zero-order chi connectivity index (χ0) is 28.7. The van der Waals surface area contributed by atoms with Gasteiger partial charge in [-0.3, -0.25) is 4.79 Å². The molecule has 0 saturated heterocycles. The highest BCUT2D eigenvalue weighted by atomic mass is 16.3. The minimum absolute atomic E-state index is 0.128. The van der Waals surface area contributed by atoms with Crippen molar-refractivity contribution < 1.29 is 15.0 Å². The van der Waals surface area contributed by atoms with Crippen molar-refractivity contribution in [2.24, 2.45) is 0 Å². The van der Waals surface area contributed by atoms with Crippen molar-refractivity contribution in [2.45, 2.75) is 187 Å². The fraction of sp³-hybridized carbons (Fsp3) is 0.857. The number of rotatable bonds is 30. The summed E-state index contributed by atoms with van der Waals surface area (Å²) >= 11 is 0. The van der Waals surface area contributed by atoms with Crippen LogP contribution in [0.25, 0.3) is 0 Å². The van der Waals surface area contributed by atoms with Crippen molar-refractivity contribution in [1.82, 2.24) is 5.32 Å². The van der Waals surface area contributed by atoms with Crippen LogP contribution >= 0.6 is 0 Å². The number of hydrogen-bond donors (Lipinski definition) is 3. The molecule has 0 fully saturated rings. The molecule has 0 radical (unpaired) electrons. The monoisotopic (exact) mass is 550 g/mol. The van der Waals surface area contributed by atoms with Crippen LogP contribution in [-0.4, -0.2) is 34.9 Å². The van der Waals surface area contributed by atoms with E-state index in [-0.39, 0.29) is 12.5 Å². The maximum absolute atomic E-state index is 11.6. The molecule has 2 atom stereocenters. The first-order valence-corrected chi connectivity index (χ1v) is 17.1. The SMILES string of the molecule is CCCCCCCCCCCCCCCCCCCCCC/C=C/CC/C=C/C(O)C(CO)NC(=O)CCC. The number of carbonyl (C=O) groups excluding carboxylic acids is 1. The number of hydrogen-bond acceptors (Lipinski definition) is 3. The summed E-state index contributed by atoms with van der Waals surface area (Å²) in [5.41, 5.74) is 0. The van der Waals surface area contributed by atoms with Crippen LogP contribution in [0.4, 0.5) is 0 Å². The predicted octanol–water partition coefficient (Wildman–Crippen LogP) is 9.73. The summed E-state index contributed by atoms with van der Waals surface area (Å²) in [5, 5.41) is 22.2. The van der Waals surface area contributed by atoms with Gasteiger partial charge in [0.15, 0.2) is 0 Å². The van der Waals surface area contributed by atoms with E-state index in [1.54, 1.807) is 6.08 Å². The Bertz CT molecular complexity index is 560. The van der Waals surface area contributed by atoms with E-state index >= 15 is 0 Å². The number of allylic oxidation sites excluding steroid dienone is 3. The van der Waals surface area contributed by atoms with Crippen LogP contribution < -0.4 is 5.32 Å². The zero-order valence-corrected chi connectivity index (χ0v) is 26.2. The van der Waals surface area contributed by atoms with Gasteiger partial charge in [0.25, 0.3) is 0 Å². The van der Waals surface area contributed by atoms with Gasteiger partial charge in [0.05, 0.1) is 18.8 Å². The second kappa shape index (κ2) is 31.4. The molecule has 0 aromatic heterocycles. The number of unbranched alkanes of at least 4 members (excludes halogenated alkanes) is 21. The van der Waals surface area contributed by atoms with Gasteiger partial charge in [0.2, 0.25) is 5.91 Å². The maximum Gasteiger partial charge on any atom is 0.220 e. The summed E-state index contributed by atoms with van der Waals surface area (Å²) in [6, 6.07) is -0.630. The maximum atomic E-state index is 11.6. The van der Waals surface area contributed by atoms with Gasteiger partial charge in [-0.1, -0.05) is 160 Å². The Balaban J connectivity index is 3.38. The largest absolute Gasteiger partial charge is 0.394 e. The van der Waals surface area contributed by atoms with Crippen LogP contribution in [-0.2, 0) is 4.79 Å². The lowest BCUT2D eigenvalue weighted by Crippen LogP contribution is -2.45. The van der Waals surface area contributed by atoms with Crippen LogP contribution in [0.1, 0.15) is 174 Å². The molecule has 0 aromatic rings. The van der Waals surface area contributed by atoms with Crippen molar-refractivity contribution in [3.05, 3.63) is 24.3 Å². The van der Waals surface area contributed by atoms with Crippen LogP contribution in [0.2, 0.25) is 0 Å². The minimum Gasteiger partial charge on any atom is -0.394 e. The van der Waals surface area contributed by atoms with E-state index in [1.807, 2.05) is 13.0 Å². The smallest absolute Gasteiger partial charge is 0.220 e. The molecule has 0 aliphatic rings. The highest BCUT2D eigenvalue weighted by Crippen LogP contribution is 2.15. The molecule has 1 amide bonds. The predicted molar refractivity (Wildman–Crippen MR) is 170 cm³/mol. The van der Waals surface area contributed by atoms with Crippen molar-refractivity contribution in [3.8, 4) is 0 Å². The molecule has 0 aliphatic carbocycles. The summed E-state index contributed by atoms with van der Waals surface area (Å²) in [4.78, 5) is 11.6. The first-order chi connectivity index (χ1) is 19.2. The lowest BCUT2D eigenvalue weighted by Gasteiger charge is -2.19. The summed E-state index contributed by atoms with van der Waals surface area (Å²) in [5.74, 6) is -0.128. The van der Waals surface area contributed by atoms with Gasteiger partial charge >= 0.3 is 0 Å². The third kappa shape index (κ3) is 28.2. The van der Waals surface area contributed by atoms with E-state index < -0.39 is 12.1 Å². The Morgan fingerprint density at radius 3 is 1.44 bits per heavy atom. The fourth-order valence-corrected chi connectivity index (χ4v) is 5.06. The Morgan fingerprint density at radius 2 is 1.00 bits per heavy atom. The van der Waals surface area contributed by atoms with Gasteiger partial charge in [-0.25, -0.2) is 0 Å². The highest BCUT2D eigenvalue weighted by molar-refractivity contribution is 5.76. The van der Waals surface area contributed by atoms with Gasteiger partial charge in [0, 0.05) is 6.42 Å². The average Bonchev–Trinajstić information content (AvgIpc) is 2.93. The van der Waals surface area contributed by atoms with Crippen LogP contribution in [0.5, 0.6) is 0 Å². The molecule has 39 heavy (non-hydrogen) atoms. The van der Waals surface area contributed by atoms with Gasteiger partial charge in [-0.2, -0.15) is 0 Å². The summed E-state index contributed by atoms with van der Waals surface area (Å²) in [6.45, 7) is 3.96. The topological polar surface area (TPSA) is 69.6 Å². The quantitative estimate of drug-likeness (QED) is 0.0617. The van der Waals surface area contributed by atoms with E-state index in [4.69, 9.17) is 0 Å². The molecule has 0 aliphatic heterocycles. The van der Waals surface area contributed by atoms with Gasteiger partial charge in [-0.05, 0) is 32.1 Å². The molecular formula is C35H67NO3. The second-order valence-electron chi connectivity index (χ2n) is 11.6. The molecule has 0 rings (SSSR count). The van der Waals surface area contributed by atoms with Crippen LogP contribution in [0.3, 0.4) is 0 Å². The summed E-state index contributed by atoms with van der Waals surface area (Å²) < 4.78 is 0. The normalized spacial score (nSPS) is 13.4. The molecule has 0 saturated carbocycles. The molecule has 0 heterocycles. The number of amides is 1. The van der Waals surface area contributed by atoms with Crippen LogP contribution in [0.15, 0.2) is 24.3 Å². The third-order valence-corrected chi connectivity index (χ3v) is 7.66. The van der Waals surface area contributed by atoms with Crippen molar-refractivity contribution in [1.29, 1.82) is 0 Å².